The normalized spacial score (nSPS) is 15.0. The highest BCUT2D eigenvalue weighted by molar-refractivity contribution is 5.82. The maximum atomic E-state index is 11.1. The quantitative estimate of drug-likeness (QED) is 0.403. The minimum Gasteiger partial charge on any atom is -0.466 e. The van der Waals surface area contributed by atoms with Crippen LogP contribution in [0.5, 0.6) is 0 Å². The number of aliphatic hydroxyl groups is 1. The van der Waals surface area contributed by atoms with Crippen LogP contribution in [0.1, 0.15) is 53.4 Å². The molecule has 0 fully saturated rings. The number of hydrogen-bond donors (Lipinski definition) is 1. The van der Waals surface area contributed by atoms with Crippen molar-refractivity contribution in [2.45, 2.75) is 65.1 Å². The summed E-state index contributed by atoms with van der Waals surface area (Å²) in [6.45, 7) is 7.76. The number of esters is 1. The zero-order valence-corrected chi connectivity index (χ0v) is 14.2. The summed E-state index contributed by atoms with van der Waals surface area (Å²) in [6, 6.07) is 0. The molecule has 122 valence electrons. The third-order valence-electron chi connectivity index (χ3n) is 3.74. The number of rotatable bonds is 9. The Bertz CT molecular complexity index is 380. The Kier molecular flexibility index (Phi) is 9.22. The topological polar surface area (TPSA) is 55.8 Å². The largest absolute Gasteiger partial charge is 0.466 e. The van der Waals surface area contributed by atoms with Gasteiger partial charge in [-0.05, 0) is 53.4 Å². The van der Waals surface area contributed by atoms with Crippen LogP contribution in [0.25, 0.3) is 0 Å². The summed E-state index contributed by atoms with van der Waals surface area (Å²) in [5, 5.41) is 10.1. The Morgan fingerprint density at radius 3 is 2.33 bits per heavy atom. The van der Waals surface area contributed by atoms with Crippen LogP contribution < -0.4 is 0 Å². The van der Waals surface area contributed by atoms with Crippen molar-refractivity contribution < 1.29 is 19.4 Å². The van der Waals surface area contributed by atoms with E-state index in [0.29, 0.717) is 6.42 Å². The summed E-state index contributed by atoms with van der Waals surface area (Å²) in [6.07, 6.45) is 6.43. The molecule has 1 unspecified atom stereocenters. The summed E-state index contributed by atoms with van der Waals surface area (Å²) in [5.74, 6) is -0.307. The second-order valence-electron chi connectivity index (χ2n) is 5.97. The summed E-state index contributed by atoms with van der Waals surface area (Å²) in [5.41, 5.74) is 1.73. The van der Waals surface area contributed by atoms with Crippen LogP contribution in [-0.2, 0) is 14.3 Å². The van der Waals surface area contributed by atoms with E-state index in [0.717, 1.165) is 24.8 Å². The van der Waals surface area contributed by atoms with Crippen LogP contribution >= 0.6 is 0 Å². The van der Waals surface area contributed by atoms with Gasteiger partial charge in [0, 0.05) is 13.2 Å². The Labute approximate surface area is 128 Å². The van der Waals surface area contributed by atoms with Gasteiger partial charge in [0.1, 0.15) is 0 Å². The van der Waals surface area contributed by atoms with Crippen molar-refractivity contribution in [3.63, 3.8) is 0 Å². The number of carbonyl (C=O) groups is 1. The Morgan fingerprint density at radius 2 is 1.81 bits per heavy atom. The van der Waals surface area contributed by atoms with E-state index in [2.05, 4.69) is 17.7 Å². The molecule has 21 heavy (non-hydrogen) atoms. The molecular weight excluding hydrogens is 268 g/mol. The smallest absolute Gasteiger partial charge is 0.330 e. The molecule has 0 aromatic rings. The molecule has 0 rings (SSSR count). The summed E-state index contributed by atoms with van der Waals surface area (Å²) < 4.78 is 9.86. The van der Waals surface area contributed by atoms with Gasteiger partial charge in [-0.15, -0.1) is 0 Å². The fourth-order valence-corrected chi connectivity index (χ4v) is 1.83. The van der Waals surface area contributed by atoms with Gasteiger partial charge in [-0.3, -0.25) is 0 Å². The molecule has 0 aliphatic carbocycles. The van der Waals surface area contributed by atoms with E-state index in [1.54, 1.807) is 7.11 Å². The standard InChI is InChI=1S/C17H30O4/c1-13(10-11-15(18)17(3,4)21-6)8-7-9-14(2)12-16(19)20-5/h8,12,15,18H,7,9-11H2,1-6H3/b13-8+,14-12+. The molecule has 0 radical (unpaired) electrons. The highest BCUT2D eigenvalue weighted by Crippen LogP contribution is 2.20. The SMILES string of the molecule is COC(=O)/C=C(\C)CC/C=C(\C)CCC(O)C(C)(C)OC. The molecule has 0 aliphatic rings. The molecule has 0 saturated heterocycles. The van der Waals surface area contributed by atoms with Crippen molar-refractivity contribution in [3.8, 4) is 0 Å². The Hall–Kier alpha value is -1.13. The second-order valence-corrected chi connectivity index (χ2v) is 5.97. The van der Waals surface area contributed by atoms with Crippen molar-refractivity contribution in [2.24, 2.45) is 0 Å². The summed E-state index contributed by atoms with van der Waals surface area (Å²) in [4.78, 5) is 11.1. The lowest BCUT2D eigenvalue weighted by molar-refractivity contribution is -0.134. The maximum absolute atomic E-state index is 11.1. The van der Waals surface area contributed by atoms with Gasteiger partial charge in [0.15, 0.2) is 0 Å². The van der Waals surface area contributed by atoms with Crippen LogP contribution in [0.2, 0.25) is 0 Å². The minimum atomic E-state index is -0.514. The van der Waals surface area contributed by atoms with E-state index < -0.39 is 11.7 Å². The van der Waals surface area contributed by atoms with Crippen LogP contribution in [-0.4, -0.2) is 37.0 Å². The van der Waals surface area contributed by atoms with Crippen LogP contribution in [0, 0.1) is 0 Å². The molecule has 0 bridgehead atoms. The van der Waals surface area contributed by atoms with Gasteiger partial charge in [-0.2, -0.15) is 0 Å². The molecule has 0 saturated carbocycles. The summed E-state index contributed by atoms with van der Waals surface area (Å²) in [7, 11) is 2.99. The Balaban J connectivity index is 4.16. The van der Waals surface area contributed by atoms with Crippen molar-refractivity contribution in [1.29, 1.82) is 0 Å². The van der Waals surface area contributed by atoms with Crippen molar-refractivity contribution >= 4 is 5.97 Å². The third-order valence-corrected chi connectivity index (χ3v) is 3.74. The predicted octanol–water partition coefficient (Wildman–Crippen LogP) is 3.40. The van der Waals surface area contributed by atoms with E-state index in [4.69, 9.17) is 4.74 Å². The van der Waals surface area contributed by atoms with Crippen molar-refractivity contribution in [1.82, 2.24) is 0 Å². The first-order valence-electron chi connectivity index (χ1n) is 7.37. The molecule has 0 aliphatic heterocycles. The lowest BCUT2D eigenvalue weighted by Gasteiger charge is -2.29. The minimum absolute atomic E-state index is 0.307. The fourth-order valence-electron chi connectivity index (χ4n) is 1.83. The second kappa shape index (κ2) is 9.74. The van der Waals surface area contributed by atoms with E-state index >= 15 is 0 Å². The average Bonchev–Trinajstić information content (AvgIpc) is 2.44. The number of aliphatic hydroxyl groups excluding tert-OH is 1. The zero-order chi connectivity index (χ0) is 16.5. The highest BCUT2D eigenvalue weighted by Gasteiger charge is 2.26. The lowest BCUT2D eigenvalue weighted by atomic mass is 9.95. The Morgan fingerprint density at radius 1 is 1.19 bits per heavy atom. The van der Waals surface area contributed by atoms with Gasteiger partial charge in [-0.1, -0.05) is 17.2 Å². The number of carbonyl (C=O) groups excluding carboxylic acids is 1. The van der Waals surface area contributed by atoms with Crippen LogP contribution in [0.3, 0.4) is 0 Å². The average molecular weight is 298 g/mol. The fraction of sp³-hybridized carbons (Fsp3) is 0.706. The predicted molar refractivity (Wildman–Crippen MR) is 85.1 cm³/mol. The maximum Gasteiger partial charge on any atom is 0.330 e. The molecule has 0 heterocycles. The molecule has 0 spiro atoms. The molecule has 1 N–H and O–H groups in total. The van der Waals surface area contributed by atoms with Gasteiger partial charge in [0.2, 0.25) is 0 Å². The molecule has 4 heteroatoms. The van der Waals surface area contributed by atoms with E-state index in [-0.39, 0.29) is 5.97 Å². The molecule has 1 atom stereocenters. The van der Waals surface area contributed by atoms with E-state index in [9.17, 15) is 9.90 Å². The van der Waals surface area contributed by atoms with Crippen molar-refractivity contribution in [3.05, 3.63) is 23.3 Å². The van der Waals surface area contributed by atoms with Gasteiger partial charge >= 0.3 is 5.97 Å². The zero-order valence-electron chi connectivity index (χ0n) is 14.2. The number of ether oxygens (including phenoxy) is 2. The summed E-state index contributed by atoms with van der Waals surface area (Å²) >= 11 is 0. The number of methoxy groups -OCH3 is 2. The lowest BCUT2D eigenvalue weighted by Crippen LogP contribution is -2.37. The molecule has 0 aromatic carbocycles. The monoisotopic (exact) mass is 298 g/mol. The first kappa shape index (κ1) is 19.9. The van der Waals surface area contributed by atoms with Gasteiger partial charge in [0.05, 0.1) is 18.8 Å². The molecule has 0 amide bonds. The third kappa shape index (κ3) is 8.68. The van der Waals surface area contributed by atoms with E-state index in [1.807, 2.05) is 20.8 Å². The number of hydrogen-bond acceptors (Lipinski definition) is 4. The van der Waals surface area contributed by atoms with Crippen LogP contribution in [0.15, 0.2) is 23.3 Å². The van der Waals surface area contributed by atoms with Gasteiger partial charge in [-0.25, -0.2) is 4.79 Å². The number of allylic oxidation sites excluding steroid dienone is 3. The molecule has 0 aromatic heterocycles. The molecule has 4 nitrogen and oxygen atoms in total. The van der Waals surface area contributed by atoms with Gasteiger partial charge in [0.25, 0.3) is 0 Å². The van der Waals surface area contributed by atoms with Gasteiger partial charge < -0.3 is 14.6 Å². The highest BCUT2D eigenvalue weighted by atomic mass is 16.5. The first-order valence-corrected chi connectivity index (χ1v) is 7.37. The molecular formula is C17H30O4. The van der Waals surface area contributed by atoms with Crippen LogP contribution in [0.4, 0.5) is 0 Å². The van der Waals surface area contributed by atoms with Crippen molar-refractivity contribution in [2.75, 3.05) is 14.2 Å². The first-order chi connectivity index (χ1) is 9.72. The van der Waals surface area contributed by atoms with E-state index in [1.165, 1.54) is 18.8 Å².